The highest BCUT2D eigenvalue weighted by Crippen LogP contribution is 1.40. The molecule has 0 aromatic carbocycles. The second-order valence-electron chi connectivity index (χ2n) is 0.394. The van der Waals surface area contributed by atoms with E-state index in [1.807, 2.05) is 0 Å². The number of carboxylic acid groups (broad SMARTS) is 1. The lowest BCUT2D eigenvalue weighted by Gasteiger charge is -1.58. The minimum Gasteiger partial charge on any atom is -0.481 e. The van der Waals surface area contributed by atoms with Gasteiger partial charge in [-0.2, -0.15) is 0 Å². The minimum absolute atomic E-state index is 0. The molecule has 3 heteroatoms. The summed E-state index contributed by atoms with van der Waals surface area (Å²) < 4.78 is 0. The number of carboxylic acids is 1. The Morgan fingerprint density at radius 2 is 1.80 bits per heavy atom. The zero-order chi connectivity index (χ0) is 3.58. The summed E-state index contributed by atoms with van der Waals surface area (Å²) in [6, 6.07) is 0. The Labute approximate surface area is 34.8 Å². The lowest BCUT2D eigenvalue weighted by atomic mass is 10.9. The summed E-state index contributed by atoms with van der Waals surface area (Å²) in [6.07, 6.45) is 0. The van der Waals surface area contributed by atoms with Gasteiger partial charge in [-0.1, -0.05) is 0 Å². The van der Waals surface area contributed by atoms with Crippen LogP contribution in [0.25, 0.3) is 0 Å². The van der Waals surface area contributed by atoms with Crippen LogP contribution in [0.15, 0.2) is 0 Å². The maximum atomic E-state index is 8.89. The van der Waals surface area contributed by atoms with Gasteiger partial charge in [-0.25, -0.2) is 0 Å². The summed E-state index contributed by atoms with van der Waals surface area (Å²) in [6.45, 7) is 2.56. The predicted octanol–water partition coefficient (Wildman–Crippen LogP) is -1.55. The third-order valence-corrected chi connectivity index (χ3v) is 0. The van der Waals surface area contributed by atoms with Gasteiger partial charge in [-0.3, -0.25) is 4.79 Å². The largest absolute Gasteiger partial charge is 0.481 e. The quantitative estimate of drug-likeness (QED) is 0.367. The number of rotatable bonds is 0. The molecule has 1 N–H and O–H groups in total. The number of hydrogen-bond donors (Lipinski definition) is 1. The molecular weight excluding hydrogens is 84.1 g/mol. The highest BCUT2D eigenvalue weighted by Gasteiger charge is 1.66. The number of hydrogen-bond acceptors (Lipinski definition) is 1. The van der Waals surface area contributed by atoms with Gasteiger partial charge in [0.25, 0.3) is 0 Å². The van der Waals surface area contributed by atoms with E-state index >= 15 is 0 Å². The summed E-state index contributed by atoms with van der Waals surface area (Å²) in [4.78, 5) is 8.89. The third-order valence-electron chi connectivity index (χ3n) is 0. The zero-order valence-corrected chi connectivity index (χ0v) is 2.06. The van der Waals surface area contributed by atoms with Crippen molar-refractivity contribution in [2.45, 2.75) is 0 Å². The molecule has 0 amide bonds. The van der Waals surface area contributed by atoms with E-state index in [1.165, 1.54) is 0 Å². The van der Waals surface area contributed by atoms with Gasteiger partial charge in [0.1, 0.15) is 0 Å². The molecule has 31 valence electrons. The van der Waals surface area contributed by atoms with Gasteiger partial charge >= 0.3 is 5.97 Å². The summed E-state index contributed by atoms with van der Waals surface area (Å²) in [5, 5.41) is 7.31. The Hall–Kier alpha value is -0.313. The van der Waals surface area contributed by atoms with Crippen LogP contribution in [0.5, 0.6) is 0 Å². The standard InChI is InChI=1S/C2H3O2.H4Si/c1-2(3)4;/h1H2,(H,3,4);1H4. The van der Waals surface area contributed by atoms with Crippen molar-refractivity contribution in [2.75, 3.05) is 0 Å². The molecule has 0 rings (SSSR count). The van der Waals surface area contributed by atoms with Crippen LogP contribution in [0, 0.1) is 6.92 Å². The van der Waals surface area contributed by atoms with E-state index in [2.05, 4.69) is 6.92 Å². The first-order chi connectivity index (χ1) is 1.73. The van der Waals surface area contributed by atoms with Gasteiger partial charge in [0, 0.05) is 0 Å². The normalized spacial score (nSPS) is 5.00. The van der Waals surface area contributed by atoms with Crippen molar-refractivity contribution in [2.24, 2.45) is 0 Å². The smallest absolute Gasteiger partial charge is 0.303 e. The van der Waals surface area contributed by atoms with Crippen LogP contribution in [0.3, 0.4) is 0 Å². The highest BCUT2D eigenvalue weighted by molar-refractivity contribution is 5.75. The second-order valence-corrected chi connectivity index (χ2v) is 0.394. The van der Waals surface area contributed by atoms with Gasteiger partial charge < -0.3 is 5.11 Å². The van der Waals surface area contributed by atoms with Crippen molar-refractivity contribution in [3.63, 3.8) is 0 Å². The predicted molar refractivity (Wildman–Crippen MR) is 24.3 cm³/mol. The molecule has 0 aliphatic rings. The molecule has 0 saturated heterocycles. The van der Waals surface area contributed by atoms with Gasteiger partial charge in [0.15, 0.2) is 0 Å². The molecule has 0 unspecified atom stereocenters. The lowest BCUT2D eigenvalue weighted by molar-refractivity contribution is -0.131. The van der Waals surface area contributed by atoms with Crippen LogP contribution in [-0.4, -0.2) is 22.0 Å². The third kappa shape index (κ3) is 107. The van der Waals surface area contributed by atoms with Crippen molar-refractivity contribution in [3.8, 4) is 0 Å². The molecule has 1 radical (unpaired) electrons. The number of aliphatic carboxylic acids is 1. The fourth-order valence-electron chi connectivity index (χ4n) is 0. The van der Waals surface area contributed by atoms with Crippen molar-refractivity contribution in [3.05, 3.63) is 6.92 Å². The molecule has 0 atom stereocenters. The lowest BCUT2D eigenvalue weighted by Crippen LogP contribution is -1.79. The molecule has 0 spiro atoms. The van der Waals surface area contributed by atoms with Gasteiger partial charge in [0.05, 0.1) is 6.92 Å². The highest BCUT2D eigenvalue weighted by atomic mass is 28.1. The molecule has 0 bridgehead atoms. The summed E-state index contributed by atoms with van der Waals surface area (Å²) in [7, 11) is 0. The van der Waals surface area contributed by atoms with E-state index in [1.54, 1.807) is 0 Å². The first kappa shape index (κ1) is 8.82. The van der Waals surface area contributed by atoms with Crippen LogP contribution < -0.4 is 0 Å². The minimum atomic E-state index is -1.08. The monoisotopic (exact) mass is 91.0 g/mol. The fourth-order valence-corrected chi connectivity index (χ4v) is 0. The van der Waals surface area contributed by atoms with E-state index in [9.17, 15) is 0 Å². The van der Waals surface area contributed by atoms with E-state index < -0.39 is 5.97 Å². The average Bonchev–Trinajstić information content (AvgIpc) is 0.811. The van der Waals surface area contributed by atoms with Gasteiger partial charge in [-0.05, 0) is 11.0 Å². The Kier molecular flexibility index (Phi) is 6.51. The van der Waals surface area contributed by atoms with Crippen molar-refractivity contribution >= 4 is 16.9 Å². The van der Waals surface area contributed by atoms with E-state index in [-0.39, 0.29) is 11.0 Å². The molecule has 5 heavy (non-hydrogen) atoms. The molecule has 0 saturated carbocycles. The molecular formula is C2H7O2Si. The molecule has 0 aromatic rings. The zero-order valence-electron chi connectivity index (χ0n) is 2.06. The van der Waals surface area contributed by atoms with E-state index in [0.29, 0.717) is 0 Å². The first-order valence-corrected chi connectivity index (χ1v) is 0.781. The van der Waals surface area contributed by atoms with E-state index in [0.717, 1.165) is 0 Å². The molecule has 0 aromatic heterocycles. The maximum absolute atomic E-state index is 8.89. The Morgan fingerprint density at radius 1 is 1.80 bits per heavy atom. The Bertz CT molecular complexity index is 30.6. The fraction of sp³-hybridized carbons (Fsp3) is 0. The maximum Gasteiger partial charge on any atom is 0.303 e. The van der Waals surface area contributed by atoms with Crippen LogP contribution in [0.2, 0.25) is 0 Å². The molecule has 0 aliphatic carbocycles. The molecule has 2 nitrogen and oxygen atoms in total. The summed E-state index contributed by atoms with van der Waals surface area (Å²) >= 11 is 0. The van der Waals surface area contributed by atoms with Crippen molar-refractivity contribution in [1.82, 2.24) is 0 Å². The van der Waals surface area contributed by atoms with Crippen molar-refractivity contribution < 1.29 is 9.90 Å². The van der Waals surface area contributed by atoms with Crippen LogP contribution in [0.4, 0.5) is 0 Å². The molecule has 0 heterocycles. The first-order valence-electron chi connectivity index (χ1n) is 0.781. The van der Waals surface area contributed by atoms with Crippen molar-refractivity contribution in [1.29, 1.82) is 0 Å². The molecule has 0 fully saturated rings. The topological polar surface area (TPSA) is 37.3 Å². The second kappa shape index (κ2) is 3.69. The summed E-state index contributed by atoms with van der Waals surface area (Å²) in [5.74, 6) is -1.08. The van der Waals surface area contributed by atoms with Crippen LogP contribution in [-0.2, 0) is 4.79 Å². The SMILES string of the molecule is [CH2]C(=O)O.[SiH4]. The van der Waals surface area contributed by atoms with Crippen LogP contribution >= 0.6 is 0 Å². The van der Waals surface area contributed by atoms with E-state index in [4.69, 9.17) is 9.90 Å². The Morgan fingerprint density at radius 3 is 1.80 bits per heavy atom. The summed E-state index contributed by atoms with van der Waals surface area (Å²) in [5.41, 5.74) is 0. The van der Waals surface area contributed by atoms with Gasteiger partial charge in [-0.15, -0.1) is 0 Å². The van der Waals surface area contributed by atoms with Gasteiger partial charge in [0.2, 0.25) is 0 Å². The average molecular weight is 91.2 g/mol. The number of carbonyl (C=O) groups is 1. The molecule has 0 aliphatic heterocycles. The Balaban J connectivity index is 0. The van der Waals surface area contributed by atoms with Crippen LogP contribution in [0.1, 0.15) is 0 Å².